The number of hydrogen-bond acceptors (Lipinski definition) is 7. The SMILES string of the molecule is CCCCCCCCCCCCC(C#N)(CCCC(CCc1ccc(OC)c(OC)c1)N=NC)c1ccc(OC)c(OC)c1. The van der Waals surface area contributed by atoms with Crippen molar-refractivity contribution >= 4 is 0 Å². The molecule has 0 aromatic heterocycles. The average Bonchev–Trinajstić information content (AvgIpc) is 3.06. The minimum atomic E-state index is -0.586. The maximum absolute atomic E-state index is 10.7. The van der Waals surface area contributed by atoms with Crippen molar-refractivity contribution in [2.24, 2.45) is 10.2 Å². The van der Waals surface area contributed by atoms with Gasteiger partial charge in [-0.25, -0.2) is 0 Å². The predicted molar refractivity (Wildman–Crippen MR) is 180 cm³/mol. The number of aryl methyl sites for hydroxylation is 1. The van der Waals surface area contributed by atoms with E-state index in [1.165, 1.54) is 56.9 Å². The Kier molecular flexibility index (Phi) is 18.0. The molecule has 0 aliphatic carbocycles. The van der Waals surface area contributed by atoms with Crippen LogP contribution in [0.3, 0.4) is 0 Å². The maximum atomic E-state index is 10.7. The highest BCUT2D eigenvalue weighted by atomic mass is 16.5. The van der Waals surface area contributed by atoms with Gasteiger partial charge in [0, 0.05) is 7.05 Å². The Labute approximate surface area is 267 Å². The molecule has 0 N–H and O–H groups in total. The Hall–Kier alpha value is -3.27. The summed E-state index contributed by atoms with van der Waals surface area (Å²) in [4.78, 5) is 0. The summed E-state index contributed by atoms with van der Waals surface area (Å²) >= 11 is 0. The van der Waals surface area contributed by atoms with Crippen LogP contribution in [0.1, 0.15) is 114 Å². The molecule has 2 aromatic carbocycles. The van der Waals surface area contributed by atoms with Crippen molar-refractivity contribution in [3.63, 3.8) is 0 Å². The van der Waals surface area contributed by atoms with Crippen molar-refractivity contribution in [1.82, 2.24) is 0 Å². The highest BCUT2D eigenvalue weighted by Crippen LogP contribution is 2.40. The van der Waals surface area contributed by atoms with E-state index >= 15 is 0 Å². The van der Waals surface area contributed by atoms with E-state index in [0.717, 1.165) is 68.4 Å². The Balaban J connectivity index is 2.06. The number of nitriles is 1. The van der Waals surface area contributed by atoms with Gasteiger partial charge >= 0.3 is 0 Å². The lowest BCUT2D eigenvalue weighted by Crippen LogP contribution is -2.25. The number of rotatable bonds is 24. The molecule has 2 aromatic rings. The molecule has 2 atom stereocenters. The summed E-state index contributed by atoms with van der Waals surface area (Å²) in [6, 6.07) is 14.9. The van der Waals surface area contributed by atoms with E-state index in [1.807, 2.05) is 30.3 Å². The number of ether oxygens (including phenoxy) is 4. The number of methoxy groups -OCH3 is 4. The zero-order valence-electron chi connectivity index (χ0n) is 28.3. The molecule has 0 heterocycles. The van der Waals surface area contributed by atoms with Gasteiger partial charge in [0.15, 0.2) is 23.0 Å². The number of nitrogens with zero attached hydrogens (tertiary/aromatic N) is 3. The molecule has 0 spiro atoms. The fourth-order valence-corrected chi connectivity index (χ4v) is 6.07. The van der Waals surface area contributed by atoms with E-state index < -0.39 is 5.41 Å². The van der Waals surface area contributed by atoms with Gasteiger partial charge in [0.1, 0.15) is 0 Å². The summed E-state index contributed by atoms with van der Waals surface area (Å²) in [5, 5.41) is 19.4. The fourth-order valence-electron chi connectivity index (χ4n) is 6.07. The molecular formula is C37H57N3O4. The van der Waals surface area contributed by atoms with Crippen LogP contribution in [0.4, 0.5) is 0 Å². The van der Waals surface area contributed by atoms with Gasteiger partial charge in [0.25, 0.3) is 0 Å². The molecule has 0 saturated carbocycles. The van der Waals surface area contributed by atoms with Gasteiger partial charge in [-0.2, -0.15) is 15.5 Å². The van der Waals surface area contributed by atoms with Crippen molar-refractivity contribution in [1.29, 1.82) is 5.26 Å². The Morgan fingerprint density at radius 3 is 1.80 bits per heavy atom. The molecule has 7 nitrogen and oxygen atoms in total. The standard InChI is InChI=1S/C37H57N3O4/c1-7-8-9-10-11-12-13-14-15-16-25-37(29-38,31-21-24-34(42-4)36(28-31)44-6)26-17-18-32(40-39-2)22-19-30-20-23-33(41-3)35(27-30)43-5/h20-21,23-24,27-28,32H,7-19,22,25-26H2,1-6H3. The van der Waals surface area contributed by atoms with Crippen LogP contribution in [0.2, 0.25) is 0 Å². The first-order valence-electron chi connectivity index (χ1n) is 16.6. The quantitative estimate of drug-likeness (QED) is 0.0875. The zero-order valence-corrected chi connectivity index (χ0v) is 28.3. The number of azo groups is 1. The molecule has 0 amide bonds. The first-order valence-corrected chi connectivity index (χ1v) is 16.6. The van der Waals surface area contributed by atoms with Crippen molar-refractivity contribution in [2.75, 3.05) is 35.5 Å². The van der Waals surface area contributed by atoms with Crippen molar-refractivity contribution in [3.05, 3.63) is 47.5 Å². The molecule has 0 fully saturated rings. The summed E-state index contributed by atoms with van der Waals surface area (Å²) in [5.41, 5.74) is 1.60. The summed E-state index contributed by atoms with van der Waals surface area (Å²) in [6.07, 6.45) is 17.8. The van der Waals surface area contributed by atoms with Crippen LogP contribution in [0.5, 0.6) is 23.0 Å². The first-order chi connectivity index (χ1) is 21.5. The third-order valence-electron chi connectivity index (χ3n) is 8.74. The highest BCUT2D eigenvalue weighted by molar-refractivity contribution is 5.47. The zero-order chi connectivity index (χ0) is 32.0. The van der Waals surface area contributed by atoms with Gasteiger partial charge in [-0.3, -0.25) is 0 Å². The molecule has 44 heavy (non-hydrogen) atoms. The lowest BCUT2D eigenvalue weighted by Gasteiger charge is -2.28. The summed E-state index contributed by atoms with van der Waals surface area (Å²) in [7, 11) is 8.33. The normalized spacial score (nSPS) is 13.3. The van der Waals surface area contributed by atoms with Crippen molar-refractivity contribution < 1.29 is 18.9 Å². The van der Waals surface area contributed by atoms with E-state index in [1.54, 1.807) is 35.5 Å². The van der Waals surface area contributed by atoms with Crippen LogP contribution < -0.4 is 18.9 Å². The Morgan fingerprint density at radius 2 is 1.23 bits per heavy atom. The smallest absolute Gasteiger partial charge is 0.161 e. The molecule has 0 bridgehead atoms. The van der Waals surface area contributed by atoms with Crippen LogP contribution in [-0.4, -0.2) is 41.5 Å². The van der Waals surface area contributed by atoms with Gasteiger partial charge in [0.05, 0.1) is 46.0 Å². The fraction of sp³-hybridized carbons (Fsp3) is 0.649. The van der Waals surface area contributed by atoms with Crippen molar-refractivity contribution in [2.45, 2.75) is 121 Å². The molecule has 244 valence electrons. The monoisotopic (exact) mass is 607 g/mol. The Morgan fingerprint density at radius 1 is 0.682 bits per heavy atom. The number of unbranched alkanes of at least 4 members (excludes halogenated alkanes) is 9. The van der Waals surface area contributed by atoms with Crippen LogP contribution in [0.15, 0.2) is 46.6 Å². The largest absolute Gasteiger partial charge is 0.493 e. The van der Waals surface area contributed by atoms with E-state index in [0.29, 0.717) is 11.5 Å². The van der Waals surface area contributed by atoms with Gasteiger partial charge < -0.3 is 18.9 Å². The first kappa shape index (κ1) is 36.9. The number of benzene rings is 2. The third-order valence-corrected chi connectivity index (χ3v) is 8.74. The predicted octanol–water partition coefficient (Wildman–Crippen LogP) is 10.0. The summed E-state index contributed by atoms with van der Waals surface area (Å²) < 4.78 is 22.0. The summed E-state index contributed by atoms with van der Waals surface area (Å²) in [6.45, 7) is 2.26. The molecule has 0 saturated heterocycles. The van der Waals surface area contributed by atoms with Gasteiger partial charge in [0.2, 0.25) is 0 Å². The maximum Gasteiger partial charge on any atom is 0.161 e. The van der Waals surface area contributed by atoms with Crippen LogP contribution >= 0.6 is 0 Å². The molecular weight excluding hydrogens is 550 g/mol. The molecule has 2 unspecified atom stereocenters. The molecule has 0 aliphatic rings. The van der Waals surface area contributed by atoms with E-state index in [2.05, 4.69) is 29.3 Å². The van der Waals surface area contributed by atoms with E-state index in [-0.39, 0.29) is 6.04 Å². The third kappa shape index (κ3) is 12.0. The average molecular weight is 608 g/mol. The molecule has 2 rings (SSSR count). The lowest BCUT2D eigenvalue weighted by atomic mass is 9.73. The van der Waals surface area contributed by atoms with E-state index in [4.69, 9.17) is 18.9 Å². The topological polar surface area (TPSA) is 85.4 Å². The Bertz CT molecular complexity index is 1150. The lowest BCUT2D eigenvalue weighted by molar-refractivity contribution is 0.351. The second kappa shape index (κ2) is 21.4. The second-order valence-electron chi connectivity index (χ2n) is 11.8. The minimum Gasteiger partial charge on any atom is -0.493 e. The molecule has 0 aliphatic heterocycles. The van der Waals surface area contributed by atoms with Crippen LogP contribution in [-0.2, 0) is 11.8 Å². The van der Waals surface area contributed by atoms with Crippen molar-refractivity contribution in [3.8, 4) is 29.1 Å². The molecule has 0 radical (unpaired) electrons. The number of hydrogen-bond donors (Lipinski definition) is 0. The van der Waals surface area contributed by atoms with Crippen LogP contribution in [0.25, 0.3) is 0 Å². The minimum absolute atomic E-state index is 0.0900. The summed E-state index contributed by atoms with van der Waals surface area (Å²) in [5.74, 6) is 2.81. The van der Waals surface area contributed by atoms with Gasteiger partial charge in [-0.15, -0.1) is 0 Å². The highest BCUT2D eigenvalue weighted by Gasteiger charge is 2.33. The molecule has 7 heteroatoms. The van der Waals surface area contributed by atoms with Gasteiger partial charge in [-0.05, 0) is 73.9 Å². The van der Waals surface area contributed by atoms with Crippen LogP contribution in [0, 0.1) is 11.3 Å². The van der Waals surface area contributed by atoms with E-state index in [9.17, 15) is 5.26 Å². The second-order valence-corrected chi connectivity index (χ2v) is 11.8. The van der Waals surface area contributed by atoms with Gasteiger partial charge in [-0.1, -0.05) is 83.3 Å².